The van der Waals surface area contributed by atoms with Crippen molar-refractivity contribution in [1.82, 2.24) is 5.32 Å². The SMILES string of the molecule is C=CCNCc1cc(N(C)C)c2c(c1O)C(O)=C1C(=O)C3(O)C(O)=C(C(N)=O)C(=O)CC3CC1C2. The van der Waals surface area contributed by atoms with Crippen molar-refractivity contribution in [1.29, 1.82) is 0 Å². The zero-order valence-corrected chi connectivity index (χ0v) is 19.6. The van der Waals surface area contributed by atoms with Gasteiger partial charge in [-0.25, -0.2) is 0 Å². The summed E-state index contributed by atoms with van der Waals surface area (Å²) in [6, 6.07) is 1.81. The molecule has 0 bridgehead atoms. The molecule has 0 spiro atoms. The van der Waals surface area contributed by atoms with E-state index in [1.54, 1.807) is 12.1 Å². The highest BCUT2D eigenvalue weighted by Gasteiger charge is 2.60. The van der Waals surface area contributed by atoms with Gasteiger partial charge in [0.25, 0.3) is 5.91 Å². The molecule has 0 heterocycles. The van der Waals surface area contributed by atoms with E-state index in [4.69, 9.17) is 5.73 Å². The first-order valence-electron chi connectivity index (χ1n) is 11.3. The number of rotatable bonds is 6. The van der Waals surface area contributed by atoms with Crippen LogP contribution in [0, 0.1) is 11.8 Å². The number of nitrogens with two attached hydrogens (primary N) is 1. The van der Waals surface area contributed by atoms with Gasteiger partial charge in [-0.2, -0.15) is 0 Å². The van der Waals surface area contributed by atoms with Gasteiger partial charge in [0.2, 0.25) is 5.78 Å². The van der Waals surface area contributed by atoms with Crippen LogP contribution in [-0.2, 0) is 27.3 Å². The van der Waals surface area contributed by atoms with E-state index in [0.717, 1.165) is 5.69 Å². The molecule has 7 N–H and O–H groups in total. The van der Waals surface area contributed by atoms with Crippen molar-refractivity contribution >= 4 is 28.9 Å². The minimum Gasteiger partial charge on any atom is -0.508 e. The maximum atomic E-state index is 13.6. The number of hydrogen-bond donors (Lipinski definition) is 6. The van der Waals surface area contributed by atoms with Crippen LogP contribution in [0.1, 0.15) is 29.5 Å². The van der Waals surface area contributed by atoms with Crippen LogP contribution in [0.2, 0.25) is 0 Å². The molecular formula is C25H29N3O7. The third kappa shape index (κ3) is 3.52. The summed E-state index contributed by atoms with van der Waals surface area (Å²) < 4.78 is 0. The number of primary amides is 1. The second-order valence-corrected chi connectivity index (χ2v) is 9.48. The molecule has 10 nitrogen and oxygen atoms in total. The van der Waals surface area contributed by atoms with Crippen molar-refractivity contribution in [2.24, 2.45) is 17.6 Å². The van der Waals surface area contributed by atoms with Crippen molar-refractivity contribution in [3.63, 3.8) is 0 Å². The Kier molecular flexibility index (Phi) is 5.98. The first-order valence-corrected chi connectivity index (χ1v) is 11.3. The molecule has 1 fully saturated rings. The smallest absolute Gasteiger partial charge is 0.255 e. The molecule has 0 radical (unpaired) electrons. The zero-order chi connectivity index (χ0) is 25.8. The lowest BCUT2D eigenvalue weighted by Crippen LogP contribution is -2.58. The number of amides is 1. The maximum Gasteiger partial charge on any atom is 0.255 e. The number of carbonyl (C=O) groups excluding carboxylic acids is 3. The van der Waals surface area contributed by atoms with E-state index in [1.807, 2.05) is 19.0 Å². The molecular weight excluding hydrogens is 454 g/mol. The minimum atomic E-state index is -2.57. The number of nitrogens with zero attached hydrogens (tertiary/aromatic N) is 1. The average molecular weight is 484 g/mol. The maximum absolute atomic E-state index is 13.6. The number of carbonyl (C=O) groups is 3. The van der Waals surface area contributed by atoms with E-state index in [0.29, 0.717) is 17.7 Å². The summed E-state index contributed by atoms with van der Waals surface area (Å²) in [4.78, 5) is 39.6. The van der Waals surface area contributed by atoms with Crippen LogP contribution in [0.3, 0.4) is 0 Å². The van der Waals surface area contributed by atoms with Gasteiger partial charge >= 0.3 is 0 Å². The van der Waals surface area contributed by atoms with Crippen LogP contribution in [-0.4, -0.2) is 64.1 Å². The molecule has 10 heteroatoms. The first kappa shape index (κ1) is 24.5. The number of fused-ring (bicyclic) bond motifs is 3. The Morgan fingerprint density at radius 2 is 1.97 bits per heavy atom. The van der Waals surface area contributed by atoms with Gasteiger partial charge in [0.1, 0.15) is 22.8 Å². The molecule has 3 aliphatic carbocycles. The Labute approximate surface area is 202 Å². The molecule has 1 amide bonds. The van der Waals surface area contributed by atoms with Gasteiger partial charge in [-0.05, 0) is 30.4 Å². The highest BCUT2D eigenvalue weighted by atomic mass is 16.3. The van der Waals surface area contributed by atoms with Crippen molar-refractivity contribution in [2.45, 2.75) is 31.4 Å². The molecule has 1 aromatic carbocycles. The van der Waals surface area contributed by atoms with Crippen LogP contribution in [0.4, 0.5) is 5.69 Å². The van der Waals surface area contributed by atoms with Gasteiger partial charge in [-0.1, -0.05) is 6.08 Å². The fourth-order valence-electron chi connectivity index (χ4n) is 5.57. The number of ketones is 2. The van der Waals surface area contributed by atoms with Gasteiger partial charge in [0, 0.05) is 56.3 Å². The largest absolute Gasteiger partial charge is 0.508 e. The highest BCUT2D eigenvalue weighted by Crippen LogP contribution is 2.53. The molecule has 0 aromatic heterocycles. The van der Waals surface area contributed by atoms with E-state index in [2.05, 4.69) is 11.9 Å². The van der Waals surface area contributed by atoms with E-state index >= 15 is 0 Å². The molecule has 4 rings (SSSR count). The number of aliphatic hydroxyl groups is 3. The summed E-state index contributed by atoms with van der Waals surface area (Å²) in [5, 5.41) is 47.5. The van der Waals surface area contributed by atoms with Gasteiger partial charge in [-0.3, -0.25) is 14.4 Å². The van der Waals surface area contributed by atoms with Crippen LogP contribution < -0.4 is 16.0 Å². The Hall–Kier alpha value is -3.63. The molecule has 0 aliphatic heterocycles. The van der Waals surface area contributed by atoms with Gasteiger partial charge in [0.05, 0.1) is 5.56 Å². The molecule has 3 aliphatic rings. The van der Waals surface area contributed by atoms with E-state index in [-0.39, 0.29) is 42.7 Å². The predicted molar refractivity (Wildman–Crippen MR) is 128 cm³/mol. The molecule has 3 atom stereocenters. The normalized spacial score (nSPS) is 25.7. The Morgan fingerprint density at radius 3 is 2.57 bits per heavy atom. The van der Waals surface area contributed by atoms with Crippen LogP contribution in [0.15, 0.2) is 35.6 Å². The molecule has 35 heavy (non-hydrogen) atoms. The molecule has 3 unspecified atom stereocenters. The monoisotopic (exact) mass is 483 g/mol. The van der Waals surface area contributed by atoms with Crippen molar-refractivity contribution in [2.75, 3.05) is 25.5 Å². The number of hydrogen-bond acceptors (Lipinski definition) is 9. The second-order valence-electron chi connectivity index (χ2n) is 9.48. The number of benzene rings is 1. The Morgan fingerprint density at radius 1 is 1.29 bits per heavy atom. The topological polar surface area (TPSA) is 173 Å². The van der Waals surface area contributed by atoms with Gasteiger partial charge < -0.3 is 36.4 Å². The lowest BCUT2D eigenvalue weighted by molar-refractivity contribution is -0.147. The number of aliphatic hydroxyl groups excluding tert-OH is 2. The number of phenolic OH excluding ortho intramolecular Hbond substituents is 1. The lowest BCUT2D eigenvalue weighted by atomic mass is 9.59. The second kappa shape index (κ2) is 8.54. The van der Waals surface area contributed by atoms with Crippen LogP contribution >= 0.6 is 0 Å². The fraction of sp³-hybridized carbons (Fsp3) is 0.400. The summed E-state index contributed by atoms with van der Waals surface area (Å²) in [6.45, 7) is 4.40. The molecule has 186 valence electrons. The van der Waals surface area contributed by atoms with Crippen molar-refractivity contribution < 1.29 is 34.8 Å². The van der Waals surface area contributed by atoms with Crippen LogP contribution in [0.5, 0.6) is 5.75 Å². The molecule has 1 aromatic rings. The average Bonchev–Trinajstić information content (AvgIpc) is 2.77. The number of Topliss-reactive ketones (excluding diaryl/α,β-unsaturated/α-hetero) is 2. The molecule has 0 saturated heterocycles. The summed E-state index contributed by atoms with van der Waals surface area (Å²) in [5.41, 5.74) is 3.63. The van der Waals surface area contributed by atoms with Crippen LogP contribution in [0.25, 0.3) is 5.76 Å². The number of phenols is 1. The number of nitrogens with one attached hydrogen (secondary N) is 1. The molecule has 1 saturated carbocycles. The summed E-state index contributed by atoms with van der Waals surface area (Å²) in [6.07, 6.45) is 1.68. The van der Waals surface area contributed by atoms with Crippen molar-refractivity contribution in [3.05, 3.63) is 52.3 Å². The number of anilines is 1. The van der Waals surface area contributed by atoms with Crippen molar-refractivity contribution in [3.8, 4) is 5.75 Å². The lowest BCUT2D eigenvalue weighted by Gasteiger charge is -2.46. The summed E-state index contributed by atoms with van der Waals surface area (Å²) >= 11 is 0. The third-order valence-corrected chi connectivity index (χ3v) is 7.21. The van der Waals surface area contributed by atoms with E-state index < -0.39 is 52.0 Å². The minimum absolute atomic E-state index is 0.0822. The predicted octanol–water partition coefficient (Wildman–Crippen LogP) is 0.766. The fourth-order valence-corrected chi connectivity index (χ4v) is 5.57. The summed E-state index contributed by atoms with van der Waals surface area (Å²) in [5.74, 6) is -6.34. The van der Waals surface area contributed by atoms with E-state index in [1.165, 1.54) is 0 Å². The Bertz CT molecular complexity index is 1230. The number of aromatic hydroxyl groups is 1. The van der Waals surface area contributed by atoms with E-state index in [9.17, 15) is 34.8 Å². The standard InChI is InChI=1S/C25H29N3O7/c1-4-5-27-10-12-8-15(28(2)3)14-7-11-6-13-9-16(29)19(24(26)34)23(33)25(13,35)22(32)17(11)21(31)18(14)20(12)30/h4,8,11,13,27,30-31,33,35H,1,5-7,9-10H2,2-3H3,(H2,26,34). The third-order valence-electron chi connectivity index (χ3n) is 7.21. The first-order chi connectivity index (χ1) is 16.4. The quantitative estimate of drug-likeness (QED) is 0.194. The highest BCUT2D eigenvalue weighted by molar-refractivity contribution is 6.22. The summed E-state index contributed by atoms with van der Waals surface area (Å²) in [7, 11) is 3.64. The van der Waals surface area contributed by atoms with Gasteiger partial charge in [-0.15, -0.1) is 6.58 Å². The zero-order valence-electron chi connectivity index (χ0n) is 19.6. The Balaban J connectivity index is 1.91. The van der Waals surface area contributed by atoms with Gasteiger partial charge in [0.15, 0.2) is 11.4 Å².